The molecule has 0 bridgehead atoms. The Labute approximate surface area is 118 Å². The highest BCUT2D eigenvalue weighted by atomic mass is 35.5. The first-order chi connectivity index (χ1) is 9.26. The third kappa shape index (κ3) is 2.64. The molecule has 98 valence electrons. The lowest BCUT2D eigenvalue weighted by Crippen LogP contribution is -2.08. The van der Waals surface area contributed by atoms with Crippen molar-refractivity contribution in [3.05, 3.63) is 46.9 Å². The molecule has 1 aromatic carbocycles. The van der Waals surface area contributed by atoms with Crippen LogP contribution in [-0.4, -0.2) is 9.97 Å². The van der Waals surface area contributed by atoms with Gasteiger partial charge in [-0.15, -0.1) is 0 Å². The maximum atomic E-state index is 6.07. The number of benzene rings is 1. The highest BCUT2D eigenvalue weighted by Crippen LogP contribution is 2.37. The minimum Gasteiger partial charge on any atom is -0.233 e. The number of hydrogen-bond acceptors (Lipinski definition) is 2. The van der Waals surface area contributed by atoms with Crippen molar-refractivity contribution in [3.8, 4) is 11.3 Å². The predicted octanol–water partition coefficient (Wildman–Crippen LogP) is 4.63. The second-order valence-corrected chi connectivity index (χ2v) is 5.49. The van der Waals surface area contributed by atoms with Crippen molar-refractivity contribution in [2.24, 2.45) is 0 Å². The lowest BCUT2D eigenvalue weighted by Gasteiger charge is -2.26. The number of halogens is 1. The molecule has 1 aromatic heterocycles. The second kappa shape index (κ2) is 5.30. The maximum absolute atomic E-state index is 6.07. The Morgan fingerprint density at radius 3 is 2.74 bits per heavy atom. The maximum Gasteiger partial charge on any atom is 0.133 e. The van der Waals surface area contributed by atoms with Gasteiger partial charge in [0.25, 0.3) is 0 Å². The highest BCUT2D eigenvalue weighted by Gasteiger charge is 2.19. The van der Waals surface area contributed by atoms with E-state index < -0.39 is 0 Å². The number of nitrogens with zero attached hydrogens (tertiary/aromatic N) is 2. The van der Waals surface area contributed by atoms with Gasteiger partial charge in [-0.1, -0.05) is 43.1 Å². The predicted molar refractivity (Wildman–Crippen MR) is 78.4 cm³/mol. The minimum absolute atomic E-state index is 0.524. The normalized spacial score (nSPS) is 15.3. The summed E-state index contributed by atoms with van der Waals surface area (Å²) in [6.07, 6.45) is 4.78. The Balaban J connectivity index is 1.98. The van der Waals surface area contributed by atoms with E-state index in [0.717, 1.165) is 29.4 Å². The van der Waals surface area contributed by atoms with Gasteiger partial charge in [0, 0.05) is 18.1 Å². The molecule has 0 atom stereocenters. The molecule has 1 heterocycles. The third-order valence-electron chi connectivity index (χ3n) is 3.82. The van der Waals surface area contributed by atoms with E-state index in [0.29, 0.717) is 5.15 Å². The molecule has 0 unspecified atom stereocenters. The van der Waals surface area contributed by atoms with Gasteiger partial charge in [0.1, 0.15) is 11.0 Å². The summed E-state index contributed by atoms with van der Waals surface area (Å²) in [6, 6.07) is 10.5. The Morgan fingerprint density at radius 1 is 1.21 bits per heavy atom. The molecule has 0 aliphatic heterocycles. The smallest absolute Gasteiger partial charge is 0.133 e. The van der Waals surface area contributed by atoms with E-state index in [4.69, 9.17) is 11.6 Å². The van der Waals surface area contributed by atoms with Crippen LogP contribution in [0.1, 0.15) is 43.5 Å². The number of hydrogen-bond donors (Lipinski definition) is 0. The first kappa shape index (κ1) is 12.6. The fourth-order valence-corrected chi connectivity index (χ4v) is 2.67. The summed E-state index contributed by atoms with van der Waals surface area (Å²) in [5.41, 5.74) is 3.50. The summed E-state index contributed by atoms with van der Waals surface area (Å²) in [6.45, 7) is 2.04. The molecule has 1 aliphatic rings. The van der Waals surface area contributed by atoms with Gasteiger partial charge in [-0.05, 0) is 30.4 Å². The van der Waals surface area contributed by atoms with E-state index in [1.54, 1.807) is 0 Å². The summed E-state index contributed by atoms with van der Waals surface area (Å²) in [5, 5.41) is 0.524. The Kier molecular flexibility index (Phi) is 3.52. The third-order valence-corrected chi connectivity index (χ3v) is 4.01. The van der Waals surface area contributed by atoms with Crippen molar-refractivity contribution in [2.45, 2.75) is 38.5 Å². The molecule has 0 spiro atoms. The van der Waals surface area contributed by atoms with Crippen molar-refractivity contribution in [1.82, 2.24) is 9.97 Å². The van der Waals surface area contributed by atoms with Crippen LogP contribution in [0.15, 0.2) is 30.3 Å². The molecule has 1 aliphatic carbocycles. The number of rotatable bonds is 3. The molecule has 1 fully saturated rings. The number of aromatic nitrogens is 2. The number of aryl methyl sites for hydroxylation is 1. The summed E-state index contributed by atoms with van der Waals surface area (Å²) < 4.78 is 0. The molecule has 3 heteroatoms. The van der Waals surface area contributed by atoms with E-state index in [1.165, 1.54) is 24.8 Å². The van der Waals surface area contributed by atoms with Crippen LogP contribution < -0.4 is 0 Å². The molecule has 0 N–H and O–H groups in total. The van der Waals surface area contributed by atoms with E-state index >= 15 is 0 Å². The molecular formula is C16H17ClN2. The molecule has 0 radical (unpaired) electrons. The van der Waals surface area contributed by atoms with Gasteiger partial charge in [0.05, 0.1) is 5.69 Å². The summed E-state index contributed by atoms with van der Waals surface area (Å²) >= 11 is 6.07. The van der Waals surface area contributed by atoms with Crippen LogP contribution in [0.25, 0.3) is 11.3 Å². The lowest BCUT2D eigenvalue weighted by molar-refractivity contribution is 0.420. The van der Waals surface area contributed by atoms with Crippen LogP contribution in [-0.2, 0) is 6.42 Å². The lowest BCUT2D eigenvalue weighted by atomic mass is 9.79. The molecule has 0 amide bonds. The Morgan fingerprint density at radius 2 is 2.05 bits per heavy atom. The van der Waals surface area contributed by atoms with Crippen molar-refractivity contribution < 1.29 is 0 Å². The largest absolute Gasteiger partial charge is 0.233 e. The van der Waals surface area contributed by atoms with Crippen molar-refractivity contribution in [3.63, 3.8) is 0 Å². The van der Waals surface area contributed by atoms with Crippen LogP contribution in [0.2, 0.25) is 5.15 Å². The van der Waals surface area contributed by atoms with Gasteiger partial charge in [-0.25, -0.2) is 9.97 Å². The van der Waals surface area contributed by atoms with Crippen molar-refractivity contribution >= 4 is 11.6 Å². The van der Waals surface area contributed by atoms with E-state index in [-0.39, 0.29) is 0 Å². The summed E-state index contributed by atoms with van der Waals surface area (Å²) in [4.78, 5) is 8.79. The zero-order valence-electron chi connectivity index (χ0n) is 11.1. The fraction of sp³-hybridized carbons (Fsp3) is 0.375. The van der Waals surface area contributed by atoms with Crippen LogP contribution in [0.4, 0.5) is 0 Å². The molecule has 3 rings (SSSR count). The van der Waals surface area contributed by atoms with Crippen molar-refractivity contribution in [1.29, 1.82) is 0 Å². The van der Waals surface area contributed by atoms with Crippen LogP contribution in [0.5, 0.6) is 0 Å². The van der Waals surface area contributed by atoms with E-state index in [1.807, 2.05) is 13.0 Å². The SMILES string of the molecule is CCc1nc(Cl)cc(-c2cccc(C3CCC3)c2)n1. The van der Waals surface area contributed by atoms with Crippen LogP contribution >= 0.6 is 11.6 Å². The summed E-state index contributed by atoms with van der Waals surface area (Å²) in [7, 11) is 0. The average molecular weight is 273 g/mol. The molecular weight excluding hydrogens is 256 g/mol. The van der Waals surface area contributed by atoms with Gasteiger partial charge in [0.15, 0.2) is 0 Å². The minimum atomic E-state index is 0.524. The van der Waals surface area contributed by atoms with Crippen LogP contribution in [0.3, 0.4) is 0 Å². The average Bonchev–Trinajstić information content (AvgIpc) is 2.36. The molecule has 1 saturated carbocycles. The highest BCUT2D eigenvalue weighted by molar-refractivity contribution is 6.29. The Hall–Kier alpha value is -1.41. The first-order valence-corrected chi connectivity index (χ1v) is 7.28. The standard InChI is InChI=1S/C16H17ClN2/c1-2-16-18-14(10-15(17)19-16)13-8-4-7-12(9-13)11-5-3-6-11/h4,7-11H,2-3,5-6H2,1H3. The second-order valence-electron chi connectivity index (χ2n) is 5.10. The van der Waals surface area contributed by atoms with Crippen LogP contribution in [0, 0.1) is 0 Å². The Bertz CT molecular complexity index is 591. The van der Waals surface area contributed by atoms with Gasteiger partial charge in [0.2, 0.25) is 0 Å². The van der Waals surface area contributed by atoms with Gasteiger partial charge in [-0.3, -0.25) is 0 Å². The molecule has 2 aromatic rings. The summed E-state index contributed by atoms with van der Waals surface area (Å²) in [5.74, 6) is 1.54. The molecule has 0 saturated heterocycles. The van der Waals surface area contributed by atoms with E-state index in [9.17, 15) is 0 Å². The monoisotopic (exact) mass is 272 g/mol. The van der Waals surface area contributed by atoms with E-state index in [2.05, 4.69) is 34.2 Å². The quantitative estimate of drug-likeness (QED) is 0.762. The van der Waals surface area contributed by atoms with Gasteiger partial charge < -0.3 is 0 Å². The fourth-order valence-electron chi connectivity index (χ4n) is 2.46. The molecule has 2 nitrogen and oxygen atoms in total. The topological polar surface area (TPSA) is 25.8 Å². The zero-order valence-corrected chi connectivity index (χ0v) is 11.8. The van der Waals surface area contributed by atoms with Gasteiger partial charge >= 0.3 is 0 Å². The first-order valence-electron chi connectivity index (χ1n) is 6.90. The zero-order chi connectivity index (χ0) is 13.2. The van der Waals surface area contributed by atoms with Gasteiger partial charge in [-0.2, -0.15) is 0 Å². The molecule has 19 heavy (non-hydrogen) atoms. The van der Waals surface area contributed by atoms with Crippen molar-refractivity contribution in [2.75, 3.05) is 0 Å².